The summed E-state index contributed by atoms with van der Waals surface area (Å²) >= 11 is 2.22. The molecule has 0 bridgehead atoms. The molecule has 24 heavy (non-hydrogen) atoms. The zero-order chi connectivity index (χ0) is 16.7. The van der Waals surface area contributed by atoms with Gasteiger partial charge in [-0.15, -0.1) is 0 Å². The van der Waals surface area contributed by atoms with Crippen molar-refractivity contribution >= 4 is 34.5 Å². The zero-order valence-corrected chi connectivity index (χ0v) is 15.2. The topological polar surface area (TPSA) is 46.6 Å². The number of esters is 1. The van der Waals surface area contributed by atoms with Gasteiger partial charge in [0.1, 0.15) is 0 Å². The molecule has 2 aliphatic rings. The van der Waals surface area contributed by atoms with Crippen molar-refractivity contribution in [2.75, 3.05) is 13.1 Å². The van der Waals surface area contributed by atoms with E-state index in [0.717, 1.165) is 22.0 Å². The second kappa shape index (κ2) is 5.88. The molecule has 0 N–H and O–H groups in total. The fourth-order valence-corrected chi connectivity index (χ4v) is 3.98. The van der Waals surface area contributed by atoms with Gasteiger partial charge in [0, 0.05) is 21.2 Å². The first-order valence-electron chi connectivity index (χ1n) is 7.97. The molecule has 4 nitrogen and oxygen atoms in total. The Morgan fingerprint density at radius 1 is 1.12 bits per heavy atom. The predicted molar refractivity (Wildman–Crippen MR) is 97.8 cm³/mol. The second-order valence-corrected chi connectivity index (χ2v) is 7.51. The lowest BCUT2D eigenvalue weighted by molar-refractivity contribution is -0.0442. The Hall–Kier alpha value is -1.89. The third kappa shape index (κ3) is 2.51. The van der Waals surface area contributed by atoms with E-state index in [0.29, 0.717) is 24.2 Å². The third-order valence-electron chi connectivity index (χ3n) is 4.76. The van der Waals surface area contributed by atoms with Gasteiger partial charge in [0.25, 0.3) is 5.91 Å². The summed E-state index contributed by atoms with van der Waals surface area (Å²) in [6.45, 7) is 1.10. The normalized spacial score (nSPS) is 22.4. The molecule has 2 aliphatic heterocycles. The zero-order valence-electron chi connectivity index (χ0n) is 13.0. The van der Waals surface area contributed by atoms with Crippen molar-refractivity contribution < 1.29 is 14.3 Å². The minimum Gasteiger partial charge on any atom is -0.449 e. The first kappa shape index (κ1) is 15.6. The van der Waals surface area contributed by atoms with E-state index in [1.54, 1.807) is 11.0 Å². The van der Waals surface area contributed by atoms with Crippen molar-refractivity contribution in [1.82, 2.24) is 4.90 Å². The first-order valence-corrected chi connectivity index (χ1v) is 9.05. The Morgan fingerprint density at radius 3 is 2.67 bits per heavy atom. The van der Waals surface area contributed by atoms with Crippen LogP contribution in [-0.2, 0) is 10.3 Å². The highest BCUT2D eigenvalue weighted by atomic mass is 127. The van der Waals surface area contributed by atoms with Crippen LogP contribution in [0.3, 0.4) is 0 Å². The van der Waals surface area contributed by atoms with Crippen LogP contribution in [0, 0.1) is 3.57 Å². The highest BCUT2D eigenvalue weighted by Gasteiger charge is 2.48. The van der Waals surface area contributed by atoms with Gasteiger partial charge >= 0.3 is 5.97 Å². The summed E-state index contributed by atoms with van der Waals surface area (Å²) in [6, 6.07) is 15.1. The molecular formula is C19H16INO3. The van der Waals surface area contributed by atoms with Crippen molar-refractivity contribution in [3.63, 3.8) is 0 Å². The van der Waals surface area contributed by atoms with Crippen LogP contribution >= 0.6 is 22.6 Å². The van der Waals surface area contributed by atoms with Gasteiger partial charge in [-0.05, 0) is 65.8 Å². The fourth-order valence-electron chi connectivity index (χ4n) is 3.62. The van der Waals surface area contributed by atoms with Gasteiger partial charge in [0.2, 0.25) is 0 Å². The van der Waals surface area contributed by atoms with Gasteiger partial charge in [-0.25, -0.2) is 4.79 Å². The average Bonchev–Trinajstić information content (AvgIpc) is 2.87. The number of likely N-dealkylation sites (tertiary alicyclic amines) is 1. The molecule has 0 aromatic heterocycles. The van der Waals surface area contributed by atoms with Crippen molar-refractivity contribution in [3.8, 4) is 0 Å². The number of carbonyl (C=O) groups is 2. The lowest BCUT2D eigenvalue weighted by atomic mass is 9.85. The molecule has 2 aromatic carbocycles. The van der Waals surface area contributed by atoms with Crippen LogP contribution in [0.1, 0.15) is 39.1 Å². The number of ether oxygens (including phenoxy) is 1. The van der Waals surface area contributed by atoms with Crippen LogP contribution in [0.5, 0.6) is 0 Å². The largest absolute Gasteiger partial charge is 0.449 e. The van der Waals surface area contributed by atoms with Gasteiger partial charge in [-0.2, -0.15) is 0 Å². The first-order chi connectivity index (χ1) is 11.6. The molecule has 1 amide bonds. The number of halogens is 1. The summed E-state index contributed by atoms with van der Waals surface area (Å²) in [5.41, 5.74) is 1.52. The maximum absolute atomic E-state index is 12.8. The third-order valence-corrected chi connectivity index (χ3v) is 5.48. The van der Waals surface area contributed by atoms with E-state index >= 15 is 0 Å². The van der Waals surface area contributed by atoms with Crippen molar-refractivity contribution in [2.24, 2.45) is 0 Å². The number of piperidine rings is 1. The van der Waals surface area contributed by atoms with Crippen molar-refractivity contribution in [1.29, 1.82) is 0 Å². The summed E-state index contributed by atoms with van der Waals surface area (Å²) < 4.78 is 6.86. The molecule has 1 saturated heterocycles. The molecule has 122 valence electrons. The second-order valence-electron chi connectivity index (χ2n) is 6.27. The van der Waals surface area contributed by atoms with Crippen LogP contribution in [0.2, 0.25) is 0 Å². The number of hydrogen-bond donors (Lipinski definition) is 0. The van der Waals surface area contributed by atoms with Gasteiger partial charge in [0.05, 0.1) is 12.1 Å². The SMILES string of the molecule is O=C1OC2(CCCN(C(=O)c3ccc(I)cc3)C2)c2ccccc21. The maximum Gasteiger partial charge on any atom is 0.339 e. The predicted octanol–water partition coefficient (Wildman–Crippen LogP) is 3.59. The molecule has 0 radical (unpaired) electrons. The monoisotopic (exact) mass is 433 g/mol. The summed E-state index contributed by atoms with van der Waals surface area (Å²) in [5, 5.41) is 0. The Balaban J connectivity index is 1.64. The molecule has 0 aliphatic carbocycles. The summed E-state index contributed by atoms with van der Waals surface area (Å²) in [6.07, 6.45) is 1.57. The molecule has 4 rings (SSSR count). The Labute approximate surface area is 153 Å². The van der Waals surface area contributed by atoms with Crippen LogP contribution < -0.4 is 0 Å². The van der Waals surface area contributed by atoms with E-state index in [-0.39, 0.29) is 11.9 Å². The number of fused-ring (bicyclic) bond motifs is 2. The van der Waals surface area contributed by atoms with E-state index < -0.39 is 5.60 Å². The number of hydrogen-bond acceptors (Lipinski definition) is 3. The Kier molecular flexibility index (Phi) is 3.83. The fraction of sp³-hybridized carbons (Fsp3) is 0.263. The lowest BCUT2D eigenvalue weighted by Crippen LogP contribution is -2.48. The van der Waals surface area contributed by atoms with Crippen LogP contribution in [0.15, 0.2) is 48.5 Å². The molecule has 2 heterocycles. The molecule has 1 spiro atoms. The van der Waals surface area contributed by atoms with E-state index in [9.17, 15) is 9.59 Å². The highest BCUT2D eigenvalue weighted by Crippen LogP contribution is 2.42. The minimum atomic E-state index is -0.690. The minimum absolute atomic E-state index is 0.00842. The molecule has 1 fully saturated rings. The number of rotatable bonds is 1. The molecule has 0 saturated carbocycles. The quantitative estimate of drug-likeness (QED) is 0.510. The maximum atomic E-state index is 12.8. The number of carbonyl (C=O) groups excluding carboxylic acids is 2. The smallest absolute Gasteiger partial charge is 0.339 e. The van der Waals surface area contributed by atoms with Crippen LogP contribution in [0.25, 0.3) is 0 Å². The summed E-state index contributed by atoms with van der Waals surface area (Å²) in [4.78, 5) is 26.8. The van der Waals surface area contributed by atoms with Gasteiger partial charge in [-0.1, -0.05) is 18.2 Å². The van der Waals surface area contributed by atoms with E-state index in [2.05, 4.69) is 22.6 Å². The standard InChI is InChI=1S/C19H16INO3/c20-14-8-6-13(7-9-14)17(22)21-11-3-10-19(12-21)16-5-2-1-4-15(16)18(23)24-19/h1-2,4-9H,3,10-12H2. The van der Waals surface area contributed by atoms with Crippen LogP contribution in [-0.4, -0.2) is 29.9 Å². The molecule has 5 heteroatoms. The molecule has 1 unspecified atom stereocenters. The lowest BCUT2D eigenvalue weighted by Gasteiger charge is -2.39. The van der Waals surface area contributed by atoms with Gasteiger partial charge in [-0.3, -0.25) is 4.79 Å². The van der Waals surface area contributed by atoms with Gasteiger partial charge in [0.15, 0.2) is 5.60 Å². The van der Waals surface area contributed by atoms with Gasteiger partial charge < -0.3 is 9.64 Å². The van der Waals surface area contributed by atoms with E-state index in [1.807, 2.05) is 42.5 Å². The highest BCUT2D eigenvalue weighted by molar-refractivity contribution is 14.1. The number of benzene rings is 2. The Morgan fingerprint density at radius 2 is 1.88 bits per heavy atom. The van der Waals surface area contributed by atoms with Crippen molar-refractivity contribution in [2.45, 2.75) is 18.4 Å². The molecular weight excluding hydrogens is 417 g/mol. The number of amides is 1. The van der Waals surface area contributed by atoms with E-state index in [1.165, 1.54) is 0 Å². The summed E-state index contributed by atoms with van der Waals surface area (Å²) in [5.74, 6) is -0.292. The average molecular weight is 433 g/mol. The molecule has 1 atom stereocenters. The van der Waals surface area contributed by atoms with E-state index in [4.69, 9.17) is 4.74 Å². The number of nitrogens with zero attached hydrogens (tertiary/aromatic N) is 1. The Bertz CT molecular complexity index is 818. The molecule has 2 aromatic rings. The van der Waals surface area contributed by atoms with Crippen LogP contribution in [0.4, 0.5) is 0 Å². The summed E-state index contributed by atoms with van der Waals surface area (Å²) in [7, 11) is 0. The van der Waals surface area contributed by atoms with Crippen molar-refractivity contribution in [3.05, 3.63) is 68.8 Å².